The van der Waals surface area contributed by atoms with Crippen molar-refractivity contribution in [2.24, 2.45) is 7.05 Å². The molecule has 1 amide bonds. The topological polar surface area (TPSA) is 105 Å². The first-order valence-corrected chi connectivity index (χ1v) is 10.4. The van der Waals surface area contributed by atoms with E-state index in [9.17, 15) is 9.59 Å². The number of carbonyl (C=O) groups excluding carboxylic acids is 2. The predicted molar refractivity (Wildman–Crippen MR) is 123 cm³/mol. The second-order valence-corrected chi connectivity index (χ2v) is 7.35. The Morgan fingerprint density at radius 3 is 2.58 bits per heavy atom. The number of rotatable bonds is 8. The molecule has 4 aromatic rings. The minimum atomic E-state index is -0.255. The average molecular weight is 448 g/mol. The Morgan fingerprint density at radius 2 is 1.79 bits per heavy atom. The number of ether oxygens (including phenoxy) is 3. The van der Waals surface area contributed by atoms with Crippen LogP contribution in [0.5, 0.6) is 17.2 Å². The van der Waals surface area contributed by atoms with Gasteiger partial charge in [-0.3, -0.25) is 19.3 Å². The first-order chi connectivity index (χ1) is 16.0. The summed E-state index contributed by atoms with van der Waals surface area (Å²) in [7, 11) is 4.69. The quantitative estimate of drug-likeness (QED) is 0.324. The normalized spacial score (nSPS) is 10.9. The van der Waals surface area contributed by atoms with E-state index in [0.717, 1.165) is 16.3 Å². The highest BCUT2D eigenvalue weighted by Gasteiger charge is 2.16. The van der Waals surface area contributed by atoms with E-state index >= 15 is 0 Å². The maximum Gasteiger partial charge on any atom is 0.305 e. The third-order valence-corrected chi connectivity index (χ3v) is 5.17. The maximum absolute atomic E-state index is 12.1. The first-order valence-electron chi connectivity index (χ1n) is 10.4. The number of amides is 1. The molecule has 9 heteroatoms. The number of nitrogens with one attached hydrogen (secondary N) is 1. The van der Waals surface area contributed by atoms with Crippen LogP contribution in [0.4, 0.5) is 0 Å². The standard InChI is InChI=1S/C24H24N4O5/c1-25-24(30)23-18-9-7-16(14-20(18)27-28(23)2)33-21-10-11-26-19-13-15(6-8-17(19)21)32-12-4-5-22(29)31-3/h6-11,13-14H,4-5,12H2,1-3H3,(H,25,30). The summed E-state index contributed by atoms with van der Waals surface area (Å²) in [6.45, 7) is 0.402. The van der Waals surface area contributed by atoms with Crippen molar-refractivity contribution < 1.29 is 23.8 Å². The number of aryl methyl sites for hydroxylation is 1. The highest BCUT2D eigenvalue weighted by molar-refractivity contribution is 6.05. The molecule has 0 spiro atoms. The van der Waals surface area contributed by atoms with Gasteiger partial charge in [-0.25, -0.2) is 0 Å². The van der Waals surface area contributed by atoms with Gasteiger partial charge in [-0.1, -0.05) is 0 Å². The van der Waals surface area contributed by atoms with Crippen molar-refractivity contribution in [3.8, 4) is 17.2 Å². The number of pyridine rings is 1. The Balaban J connectivity index is 1.53. The first kappa shape index (κ1) is 22.1. The van der Waals surface area contributed by atoms with Crippen molar-refractivity contribution in [1.82, 2.24) is 20.1 Å². The van der Waals surface area contributed by atoms with Gasteiger partial charge in [0.1, 0.15) is 22.9 Å². The van der Waals surface area contributed by atoms with Gasteiger partial charge in [0.15, 0.2) is 0 Å². The molecule has 2 aromatic heterocycles. The van der Waals surface area contributed by atoms with Gasteiger partial charge in [0.2, 0.25) is 0 Å². The largest absolute Gasteiger partial charge is 0.494 e. The van der Waals surface area contributed by atoms with Gasteiger partial charge in [-0.15, -0.1) is 0 Å². The maximum atomic E-state index is 12.1. The summed E-state index contributed by atoms with van der Waals surface area (Å²) in [6.07, 6.45) is 2.55. The summed E-state index contributed by atoms with van der Waals surface area (Å²) in [5.41, 5.74) is 1.88. The molecule has 0 aliphatic heterocycles. The Labute approximate surface area is 190 Å². The van der Waals surface area contributed by atoms with Crippen LogP contribution in [0.1, 0.15) is 23.3 Å². The van der Waals surface area contributed by atoms with Crippen LogP contribution in [0.15, 0.2) is 48.7 Å². The van der Waals surface area contributed by atoms with E-state index in [0.29, 0.717) is 47.9 Å². The number of fused-ring (bicyclic) bond motifs is 2. The monoisotopic (exact) mass is 448 g/mol. The van der Waals surface area contributed by atoms with E-state index in [1.54, 1.807) is 37.1 Å². The highest BCUT2D eigenvalue weighted by Crippen LogP contribution is 2.32. The van der Waals surface area contributed by atoms with E-state index < -0.39 is 0 Å². The fraction of sp³-hybridized carbons (Fsp3) is 0.250. The van der Waals surface area contributed by atoms with Crippen molar-refractivity contribution >= 4 is 33.7 Å². The van der Waals surface area contributed by atoms with Gasteiger partial charge >= 0.3 is 5.97 Å². The van der Waals surface area contributed by atoms with Gasteiger partial charge in [-0.05, 0) is 36.8 Å². The molecule has 170 valence electrons. The number of esters is 1. The van der Waals surface area contributed by atoms with Crippen LogP contribution in [-0.4, -0.2) is 47.4 Å². The van der Waals surface area contributed by atoms with Crippen LogP contribution in [0.2, 0.25) is 0 Å². The number of nitrogens with zero attached hydrogens (tertiary/aromatic N) is 3. The minimum absolute atomic E-state index is 0.197. The van der Waals surface area contributed by atoms with E-state index in [4.69, 9.17) is 9.47 Å². The zero-order valence-corrected chi connectivity index (χ0v) is 18.6. The van der Waals surface area contributed by atoms with Crippen LogP contribution < -0.4 is 14.8 Å². The van der Waals surface area contributed by atoms with Crippen LogP contribution in [0, 0.1) is 0 Å². The average Bonchev–Trinajstić information content (AvgIpc) is 3.16. The molecule has 1 N–H and O–H groups in total. The second-order valence-electron chi connectivity index (χ2n) is 7.35. The van der Waals surface area contributed by atoms with Crippen molar-refractivity contribution in [2.75, 3.05) is 20.8 Å². The summed E-state index contributed by atoms with van der Waals surface area (Å²) < 4.78 is 18.0. The lowest BCUT2D eigenvalue weighted by atomic mass is 10.2. The molecule has 33 heavy (non-hydrogen) atoms. The summed E-state index contributed by atoms with van der Waals surface area (Å²) in [5.74, 6) is 1.44. The van der Waals surface area contributed by atoms with Crippen molar-refractivity contribution in [3.63, 3.8) is 0 Å². The number of aromatic nitrogens is 3. The molecule has 2 aromatic carbocycles. The van der Waals surface area contributed by atoms with Crippen LogP contribution >= 0.6 is 0 Å². The van der Waals surface area contributed by atoms with Gasteiger partial charge in [0.25, 0.3) is 5.91 Å². The van der Waals surface area contributed by atoms with E-state index in [1.807, 2.05) is 30.3 Å². The highest BCUT2D eigenvalue weighted by atomic mass is 16.5. The predicted octanol–water partition coefficient (Wildman–Crippen LogP) is 3.61. The third-order valence-electron chi connectivity index (χ3n) is 5.17. The van der Waals surface area contributed by atoms with Gasteiger partial charge in [0.05, 0.1) is 24.8 Å². The van der Waals surface area contributed by atoms with Crippen molar-refractivity contribution in [1.29, 1.82) is 0 Å². The number of methoxy groups -OCH3 is 1. The molecule has 0 saturated heterocycles. The lowest BCUT2D eigenvalue weighted by molar-refractivity contribution is -0.140. The summed E-state index contributed by atoms with van der Waals surface area (Å²) in [6, 6.07) is 12.8. The molecule has 0 bridgehead atoms. The van der Waals surface area contributed by atoms with Gasteiger partial charge in [0, 0.05) is 49.6 Å². The second kappa shape index (κ2) is 9.56. The summed E-state index contributed by atoms with van der Waals surface area (Å²) in [4.78, 5) is 27.8. The van der Waals surface area contributed by atoms with E-state index in [-0.39, 0.29) is 11.9 Å². The van der Waals surface area contributed by atoms with E-state index in [1.165, 1.54) is 7.11 Å². The number of carbonyl (C=O) groups is 2. The minimum Gasteiger partial charge on any atom is -0.494 e. The molecule has 4 rings (SSSR count). The van der Waals surface area contributed by atoms with Crippen LogP contribution in [-0.2, 0) is 16.6 Å². The Bertz CT molecular complexity index is 1330. The lowest BCUT2D eigenvalue weighted by Gasteiger charge is -2.10. The Morgan fingerprint density at radius 1 is 1.03 bits per heavy atom. The molecular formula is C24H24N4O5. The van der Waals surface area contributed by atoms with Crippen LogP contribution in [0.3, 0.4) is 0 Å². The molecule has 0 radical (unpaired) electrons. The Hall–Kier alpha value is -4.14. The van der Waals surface area contributed by atoms with Crippen molar-refractivity contribution in [3.05, 3.63) is 54.4 Å². The number of hydrogen-bond acceptors (Lipinski definition) is 7. The number of hydrogen-bond donors (Lipinski definition) is 1. The van der Waals surface area contributed by atoms with Crippen molar-refractivity contribution in [2.45, 2.75) is 12.8 Å². The smallest absolute Gasteiger partial charge is 0.305 e. The van der Waals surface area contributed by atoms with E-state index in [2.05, 4.69) is 20.1 Å². The summed E-state index contributed by atoms with van der Waals surface area (Å²) >= 11 is 0. The van der Waals surface area contributed by atoms with Crippen LogP contribution in [0.25, 0.3) is 21.8 Å². The van der Waals surface area contributed by atoms with Gasteiger partial charge < -0.3 is 19.5 Å². The zero-order chi connectivity index (χ0) is 23.4. The molecule has 0 atom stereocenters. The molecular weight excluding hydrogens is 424 g/mol. The molecule has 0 unspecified atom stereocenters. The number of benzene rings is 2. The fourth-order valence-corrected chi connectivity index (χ4v) is 3.55. The molecule has 0 aliphatic carbocycles. The molecule has 0 aliphatic rings. The SMILES string of the molecule is CNC(=O)c1c2ccc(Oc3ccnc4cc(OCCCC(=O)OC)ccc34)cc2nn1C. The zero-order valence-electron chi connectivity index (χ0n) is 18.6. The molecule has 0 fully saturated rings. The molecule has 9 nitrogen and oxygen atoms in total. The molecule has 0 saturated carbocycles. The fourth-order valence-electron chi connectivity index (χ4n) is 3.55. The Kier molecular flexibility index (Phi) is 6.39. The van der Waals surface area contributed by atoms with Gasteiger partial charge in [-0.2, -0.15) is 5.10 Å². The molecule has 2 heterocycles. The third kappa shape index (κ3) is 4.72. The summed E-state index contributed by atoms with van der Waals surface area (Å²) in [5, 5.41) is 8.64. The lowest BCUT2D eigenvalue weighted by Crippen LogP contribution is -2.21.